The molecule has 0 amide bonds. The molecule has 1 heterocycles. The minimum absolute atomic E-state index is 0.0542. The van der Waals surface area contributed by atoms with Gasteiger partial charge in [0.1, 0.15) is 0 Å². The lowest BCUT2D eigenvalue weighted by Crippen LogP contribution is -2.36. The van der Waals surface area contributed by atoms with Crippen LogP contribution < -0.4 is 0 Å². The van der Waals surface area contributed by atoms with Crippen LogP contribution in [0.4, 0.5) is 8.78 Å². The highest BCUT2D eigenvalue weighted by Crippen LogP contribution is 2.38. The van der Waals surface area contributed by atoms with Gasteiger partial charge in [0.2, 0.25) is 0 Å². The van der Waals surface area contributed by atoms with E-state index in [9.17, 15) is 8.78 Å². The third kappa shape index (κ3) is 2.06. The van der Waals surface area contributed by atoms with Crippen LogP contribution in [-0.4, -0.2) is 12.0 Å². The third-order valence-corrected chi connectivity index (χ3v) is 3.36. The second-order valence-corrected chi connectivity index (χ2v) is 4.89. The zero-order chi connectivity index (χ0) is 11.8. The average Bonchev–Trinajstić information content (AvgIpc) is 2.21. The fourth-order valence-electron chi connectivity index (χ4n) is 2.10. The topological polar surface area (TPSA) is 9.23 Å². The zero-order valence-corrected chi connectivity index (χ0v) is 9.73. The Balaban J connectivity index is 2.38. The normalized spacial score (nSPS) is 30.4. The van der Waals surface area contributed by atoms with Crippen molar-refractivity contribution in [2.45, 2.75) is 30.7 Å². The van der Waals surface area contributed by atoms with E-state index in [2.05, 4.69) is 0 Å². The van der Waals surface area contributed by atoms with E-state index >= 15 is 0 Å². The Morgan fingerprint density at radius 3 is 2.88 bits per heavy atom. The van der Waals surface area contributed by atoms with Gasteiger partial charge in [0, 0.05) is 17.5 Å². The molecular weight excluding hydrogens is 234 g/mol. The maximum absolute atomic E-state index is 13.7. The Hall–Kier alpha value is -0.670. The van der Waals surface area contributed by atoms with Crippen molar-refractivity contribution in [3.8, 4) is 0 Å². The standard InChI is InChI=1S/C12H13ClF2O/c1-12(7-8(13)5-6-16-12)9-3-2-4-10(14)11(9)15/h2-4,8H,5-7H2,1H3. The molecule has 88 valence electrons. The summed E-state index contributed by atoms with van der Waals surface area (Å²) in [5.74, 6) is -1.69. The van der Waals surface area contributed by atoms with E-state index in [4.69, 9.17) is 16.3 Å². The predicted molar refractivity (Wildman–Crippen MR) is 58.5 cm³/mol. The van der Waals surface area contributed by atoms with Crippen LogP contribution >= 0.6 is 11.6 Å². The highest BCUT2D eigenvalue weighted by molar-refractivity contribution is 6.20. The number of hydrogen-bond donors (Lipinski definition) is 0. The molecule has 0 bridgehead atoms. The molecule has 2 rings (SSSR count). The van der Waals surface area contributed by atoms with Gasteiger partial charge in [-0.15, -0.1) is 11.6 Å². The van der Waals surface area contributed by atoms with E-state index in [0.717, 1.165) is 12.5 Å². The fraction of sp³-hybridized carbons (Fsp3) is 0.500. The first-order chi connectivity index (χ1) is 7.53. The Bertz CT molecular complexity index is 397. The van der Waals surface area contributed by atoms with E-state index in [1.165, 1.54) is 6.07 Å². The summed E-state index contributed by atoms with van der Waals surface area (Å²) in [6.45, 7) is 2.22. The van der Waals surface area contributed by atoms with Crippen LogP contribution in [0, 0.1) is 11.6 Å². The molecule has 0 aliphatic carbocycles. The summed E-state index contributed by atoms with van der Waals surface area (Å²) in [4.78, 5) is 0. The van der Waals surface area contributed by atoms with Gasteiger partial charge in [0.05, 0.1) is 5.60 Å². The van der Waals surface area contributed by atoms with Crippen LogP contribution in [0.1, 0.15) is 25.3 Å². The third-order valence-electron chi connectivity index (χ3n) is 2.98. The molecule has 0 N–H and O–H groups in total. The molecule has 1 aliphatic rings. The molecule has 0 aromatic heterocycles. The Morgan fingerprint density at radius 2 is 2.19 bits per heavy atom. The summed E-state index contributed by atoms with van der Waals surface area (Å²) in [6, 6.07) is 4.14. The van der Waals surface area contributed by atoms with Gasteiger partial charge in [0.15, 0.2) is 11.6 Å². The van der Waals surface area contributed by atoms with Gasteiger partial charge in [-0.2, -0.15) is 0 Å². The van der Waals surface area contributed by atoms with Gasteiger partial charge in [-0.05, 0) is 25.8 Å². The Morgan fingerprint density at radius 1 is 1.44 bits per heavy atom. The van der Waals surface area contributed by atoms with Crippen LogP contribution in [0.25, 0.3) is 0 Å². The first-order valence-corrected chi connectivity index (χ1v) is 5.69. The minimum atomic E-state index is -0.848. The summed E-state index contributed by atoms with van der Waals surface area (Å²) in [5.41, 5.74) is -0.575. The van der Waals surface area contributed by atoms with Gasteiger partial charge in [-0.25, -0.2) is 8.78 Å². The average molecular weight is 247 g/mol. The number of ether oxygens (including phenoxy) is 1. The molecule has 1 aromatic rings. The predicted octanol–water partition coefficient (Wildman–Crippen LogP) is 3.60. The van der Waals surface area contributed by atoms with Crippen LogP contribution in [0.3, 0.4) is 0 Å². The second-order valence-electron chi connectivity index (χ2n) is 4.27. The lowest BCUT2D eigenvalue weighted by molar-refractivity contribution is -0.0707. The molecule has 1 fully saturated rings. The van der Waals surface area contributed by atoms with Crippen molar-refractivity contribution >= 4 is 11.6 Å². The molecule has 0 spiro atoms. The first kappa shape index (κ1) is 11.8. The molecule has 4 heteroatoms. The van der Waals surface area contributed by atoms with E-state index in [1.807, 2.05) is 0 Å². The fourth-order valence-corrected chi connectivity index (χ4v) is 2.48. The van der Waals surface area contributed by atoms with E-state index in [-0.39, 0.29) is 10.9 Å². The van der Waals surface area contributed by atoms with E-state index < -0.39 is 17.2 Å². The van der Waals surface area contributed by atoms with Crippen molar-refractivity contribution in [2.24, 2.45) is 0 Å². The van der Waals surface area contributed by atoms with Crippen molar-refractivity contribution in [1.82, 2.24) is 0 Å². The first-order valence-electron chi connectivity index (χ1n) is 5.25. The summed E-state index contributed by atoms with van der Waals surface area (Å²) >= 11 is 6.05. The molecule has 0 radical (unpaired) electrons. The van der Waals surface area contributed by atoms with Crippen molar-refractivity contribution in [3.63, 3.8) is 0 Å². The van der Waals surface area contributed by atoms with Crippen molar-refractivity contribution < 1.29 is 13.5 Å². The zero-order valence-electron chi connectivity index (χ0n) is 8.97. The molecule has 1 saturated heterocycles. The van der Waals surface area contributed by atoms with Crippen LogP contribution in [0.5, 0.6) is 0 Å². The monoisotopic (exact) mass is 246 g/mol. The lowest BCUT2D eigenvalue weighted by Gasteiger charge is -2.36. The molecule has 2 atom stereocenters. The quantitative estimate of drug-likeness (QED) is 0.688. The van der Waals surface area contributed by atoms with Gasteiger partial charge >= 0.3 is 0 Å². The summed E-state index contributed by atoms with van der Waals surface area (Å²) < 4.78 is 32.4. The maximum Gasteiger partial charge on any atom is 0.164 e. The smallest absolute Gasteiger partial charge is 0.164 e. The van der Waals surface area contributed by atoms with E-state index in [0.29, 0.717) is 13.0 Å². The molecule has 16 heavy (non-hydrogen) atoms. The lowest BCUT2D eigenvalue weighted by atomic mass is 9.87. The highest BCUT2D eigenvalue weighted by Gasteiger charge is 2.36. The molecule has 0 saturated carbocycles. The van der Waals surface area contributed by atoms with Gasteiger partial charge in [-0.3, -0.25) is 0 Å². The summed E-state index contributed by atoms with van der Waals surface area (Å²) in [7, 11) is 0. The van der Waals surface area contributed by atoms with Gasteiger partial charge in [0.25, 0.3) is 0 Å². The molecule has 1 nitrogen and oxygen atoms in total. The SMILES string of the molecule is CC1(c2cccc(F)c2F)CC(Cl)CCO1. The van der Waals surface area contributed by atoms with Gasteiger partial charge in [-0.1, -0.05) is 12.1 Å². The van der Waals surface area contributed by atoms with Crippen molar-refractivity contribution in [2.75, 3.05) is 6.61 Å². The van der Waals surface area contributed by atoms with Crippen LogP contribution in [0.15, 0.2) is 18.2 Å². The number of benzene rings is 1. The number of rotatable bonds is 1. The highest BCUT2D eigenvalue weighted by atomic mass is 35.5. The molecule has 2 unspecified atom stereocenters. The van der Waals surface area contributed by atoms with Crippen molar-refractivity contribution in [1.29, 1.82) is 0 Å². The number of hydrogen-bond acceptors (Lipinski definition) is 1. The maximum atomic E-state index is 13.7. The Kier molecular flexibility index (Phi) is 3.17. The number of halogens is 3. The van der Waals surface area contributed by atoms with E-state index in [1.54, 1.807) is 13.0 Å². The van der Waals surface area contributed by atoms with Crippen molar-refractivity contribution in [3.05, 3.63) is 35.4 Å². The largest absolute Gasteiger partial charge is 0.370 e. The molecular formula is C12H13ClF2O. The number of alkyl halides is 1. The van der Waals surface area contributed by atoms with Crippen LogP contribution in [0.2, 0.25) is 0 Å². The Labute approximate surface area is 98.4 Å². The molecule has 1 aromatic carbocycles. The second kappa shape index (κ2) is 4.30. The minimum Gasteiger partial charge on any atom is -0.370 e. The van der Waals surface area contributed by atoms with Gasteiger partial charge < -0.3 is 4.74 Å². The van der Waals surface area contributed by atoms with Crippen LogP contribution in [-0.2, 0) is 10.3 Å². The summed E-state index contributed by atoms with van der Waals surface area (Å²) in [6.07, 6.45) is 1.24. The summed E-state index contributed by atoms with van der Waals surface area (Å²) in [5, 5.41) is -0.0542. The molecule has 1 aliphatic heterocycles.